The van der Waals surface area contributed by atoms with E-state index in [1.54, 1.807) is 0 Å². The number of hydrogen-bond donors (Lipinski definition) is 3. The normalized spacial score (nSPS) is 13.3. The quantitative estimate of drug-likeness (QED) is 0.0321. The molecule has 0 aromatic carbocycles. The molecular weight excluding hydrogens is 779 g/mol. The lowest BCUT2D eigenvalue weighted by Gasteiger charge is -2.24. The van der Waals surface area contributed by atoms with Crippen molar-refractivity contribution in [3.8, 4) is 0 Å². The molecule has 0 aliphatic carbocycles. The first-order valence-corrected chi connectivity index (χ1v) is 28.1. The van der Waals surface area contributed by atoms with E-state index >= 15 is 0 Å². The van der Waals surface area contributed by atoms with E-state index in [0.29, 0.717) is 19.3 Å². The van der Waals surface area contributed by atoms with Crippen LogP contribution in [0.3, 0.4) is 0 Å². The molecule has 0 aromatic heterocycles. The van der Waals surface area contributed by atoms with Gasteiger partial charge in [-0.05, 0) is 51.4 Å². The van der Waals surface area contributed by atoms with Crippen LogP contribution in [-0.2, 0) is 14.3 Å². The number of unbranched alkanes of at least 4 members (excludes halogenated alkanes) is 35. The molecule has 0 aliphatic heterocycles. The highest BCUT2D eigenvalue weighted by Gasteiger charge is 2.24. The molecule has 0 aromatic rings. The molecule has 0 bridgehead atoms. The first-order valence-electron chi connectivity index (χ1n) is 28.1. The Morgan fingerprint density at radius 1 is 0.476 bits per heavy atom. The fourth-order valence-corrected chi connectivity index (χ4v) is 8.82. The average Bonchev–Trinajstić information content (AvgIpc) is 3.28. The summed E-state index contributed by atoms with van der Waals surface area (Å²) in [5, 5.41) is 23.8. The third kappa shape index (κ3) is 46.7. The number of aliphatic hydroxyl groups excluding tert-OH is 2. The van der Waals surface area contributed by atoms with Gasteiger partial charge in [0.05, 0.1) is 25.2 Å². The second kappa shape index (κ2) is 51.3. The zero-order valence-corrected chi connectivity index (χ0v) is 42.5. The van der Waals surface area contributed by atoms with Crippen molar-refractivity contribution in [3.05, 3.63) is 24.3 Å². The molecule has 6 heteroatoms. The lowest BCUT2D eigenvalue weighted by atomic mass is 10.0. The van der Waals surface area contributed by atoms with Crippen molar-refractivity contribution in [2.75, 3.05) is 6.61 Å². The van der Waals surface area contributed by atoms with Crippen molar-refractivity contribution < 1.29 is 24.5 Å². The predicted molar refractivity (Wildman–Crippen MR) is 273 cm³/mol. The number of aliphatic hydroxyl groups is 2. The molecule has 0 radical (unpaired) electrons. The molecule has 3 unspecified atom stereocenters. The minimum Gasteiger partial charge on any atom is -0.462 e. The number of amides is 1. The summed E-state index contributed by atoms with van der Waals surface area (Å²) in [6.45, 7) is 6.41. The standard InChI is InChI=1S/C57H109NO5/c1-4-7-10-13-16-19-22-25-27-28-29-31-33-36-39-42-45-48-53(63-57(62)50-47-44-41-38-35-32-26-23-20-17-14-11-8-5-2)51-56(61)58-54(52-59)55(60)49-46-43-40-37-34-30-24-21-18-15-12-9-6-3/h8,11,17,20,53-55,59-60H,4-7,9-10,12-16,18-19,21-52H2,1-3H3,(H,58,61)/b11-8+,20-17+. The van der Waals surface area contributed by atoms with Gasteiger partial charge in [-0.1, -0.05) is 263 Å². The number of ether oxygens (including phenoxy) is 1. The van der Waals surface area contributed by atoms with Gasteiger partial charge in [0.25, 0.3) is 0 Å². The lowest BCUT2D eigenvalue weighted by molar-refractivity contribution is -0.151. The van der Waals surface area contributed by atoms with E-state index in [9.17, 15) is 19.8 Å². The van der Waals surface area contributed by atoms with Gasteiger partial charge in [-0.2, -0.15) is 0 Å². The highest BCUT2D eigenvalue weighted by Crippen LogP contribution is 2.19. The van der Waals surface area contributed by atoms with Gasteiger partial charge in [-0.25, -0.2) is 0 Å². The molecule has 0 spiro atoms. The molecule has 6 nitrogen and oxygen atoms in total. The molecule has 0 saturated carbocycles. The van der Waals surface area contributed by atoms with Gasteiger partial charge in [0.1, 0.15) is 6.10 Å². The molecule has 3 atom stereocenters. The maximum absolute atomic E-state index is 13.2. The third-order valence-corrected chi connectivity index (χ3v) is 13.0. The van der Waals surface area contributed by atoms with Crippen LogP contribution in [-0.4, -0.2) is 46.9 Å². The number of hydrogen-bond acceptors (Lipinski definition) is 5. The van der Waals surface area contributed by atoms with E-state index in [4.69, 9.17) is 4.74 Å². The monoisotopic (exact) mass is 888 g/mol. The number of esters is 1. The summed E-state index contributed by atoms with van der Waals surface area (Å²) >= 11 is 0. The second-order valence-corrected chi connectivity index (χ2v) is 19.3. The molecule has 372 valence electrons. The molecule has 0 rings (SSSR count). The fourth-order valence-electron chi connectivity index (χ4n) is 8.82. The first-order chi connectivity index (χ1) is 31.0. The number of carbonyl (C=O) groups is 2. The van der Waals surface area contributed by atoms with E-state index in [2.05, 4.69) is 50.4 Å². The minimum atomic E-state index is -0.785. The summed E-state index contributed by atoms with van der Waals surface area (Å²) in [5.41, 5.74) is 0. The van der Waals surface area contributed by atoms with Crippen molar-refractivity contribution in [1.82, 2.24) is 5.32 Å². The summed E-state index contributed by atoms with van der Waals surface area (Å²) in [5.74, 6) is -0.464. The van der Waals surface area contributed by atoms with Crippen LogP contribution >= 0.6 is 0 Å². The second-order valence-electron chi connectivity index (χ2n) is 19.3. The predicted octanol–water partition coefficient (Wildman–Crippen LogP) is 17.1. The average molecular weight is 889 g/mol. The summed E-state index contributed by atoms with van der Waals surface area (Å²) < 4.78 is 5.96. The van der Waals surface area contributed by atoms with Crippen molar-refractivity contribution >= 4 is 11.9 Å². The first kappa shape index (κ1) is 61.3. The van der Waals surface area contributed by atoms with E-state index in [1.165, 1.54) is 193 Å². The molecule has 0 heterocycles. The van der Waals surface area contributed by atoms with E-state index in [1.807, 2.05) is 0 Å². The minimum absolute atomic E-state index is 0.0805. The summed E-state index contributed by atoms with van der Waals surface area (Å²) in [4.78, 5) is 26.2. The van der Waals surface area contributed by atoms with Crippen LogP contribution in [0.5, 0.6) is 0 Å². The number of allylic oxidation sites excluding steroid dienone is 4. The van der Waals surface area contributed by atoms with Crippen LogP contribution in [0.25, 0.3) is 0 Å². The fraction of sp³-hybridized carbons (Fsp3) is 0.895. The van der Waals surface area contributed by atoms with E-state index in [0.717, 1.165) is 64.2 Å². The number of nitrogens with one attached hydrogen (secondary N) is 1. The van der Waals surface area contributed by atoms with Gasteiger partial charge >= 0.3 is 5.97 Å². The van der Waals surface area contributed by atoms with Gasteiger partial charge < -0.3 is 20.3 Å². The Balaban J connectivity index is 4.53. The number of carbonyl (C=O) groups excluding carboxylic acids is 2. The smallest absolute Gasteiger partial charge is 0.306 e. The molecular formula is C57H109NO5. The Morgan fingerprint density at radius 2 is 0.857 bits per heavy atom. The summed E-state index contributed by atoms with van der Waals surface area (Å²) in [7, 11) is 0. The SMILES string of the molecule is CC/C=C/C/C=C/CCCCCCCCCC(=O)OC(CCCCCCCCCCCCCCCCCCC)CC(=O)NC(CO)C(O)CCCCCCCCCCCCCCC. The molecule has 1 amide bonds. The van der Waals surface area contributed by atoms with Crippen molar-refractivity contribution in [2.24, 2.45) is 0 Å². The maximum Gasteiger partial charge on any atom is 0.306 e. The van der Waals surface area contributed by atoms with E-state index < -0.39 is 18.2 Å². The van der Waals surface area contributed by atoms with Crippen molar-refractivity contribution in [3.63, 3.8) is 0 Å². The molecule has 0 saturated heterocycles. The largest absolute Gasteiger partial charge is 0.462 e. The van der Waals surface area contributed by atoms with Crippen LogP contribution in [0, 0.1) is 0 Å². The Kier molecular flexibility index (Phi) is 50.0. The van der Waals surface area contributed by atoms with Crippen LogP contribution in [0.15, 0.2) is 24.3 Å². The molecule has 0 fully saturated rings. The lowest BCUT2D eigenvalue weighted by Crippen LogP contribution is -2.46. The Bertz CT molecular complexity index is 997. The third-order valence-electron chi connectivity index (χ3n) is 13.0. The van der Waals surface area contributed by atoms with Crippen LogP contribution < -0.4 is 5.32 Å². The van der Waals surface area contributed by atoms with Crippen molar-refractivity contribution in [1.29, 1.82) is 0 Å². The van der Waals surface area contributed by atoms with Gasteiger partial charge in [-0.15, -0.1) is 0 Å². The molecule has 0 aliphatic rings. The van der Waals surface area contributed by atoms with Gasteiger partial charge in [0.2, 0.25) is 5.91 Å². The van der Waals surface area contributed by atoms with E-state index in [-0.39, 0.29) is 24.9 Å². The van der Waals surface area contributed by atoms with Gasteiger partial charge in [0, 0.05) is 6.42 Å². The van der Waals surface area contributed by atoms with Crippen LogP contribution in [0.2, 0.25) is 0 Å². The summed E-state index contributed by atoms with van der Waals surface area (Å²) in [6, 6.07) is -0.698. The maximum atomic E-state index is 13.2. The zero-order chi connectivity index (χ0) is 45.9. The number of rotatable bonds is 51. The molecule has 63 heavy (non-hydrogen) atoms. The summed E-state index contributed by atoms with van der Waals surface area (Å²) in [6.07, 6.45) is 59.6. The van der Waals surface area contributed by atoms with Crippen LogP contribution in [0.1, 0.15) is 303 Å². The Labute approximate surface area is 392 Å². The Morgan fingerprint density at radius 3 is 1.29 bits per heavy atom. The van der Waals surface area contributed by atoms with Crippen molar-refractivity contribution in [2.45, 2.75) is 322 Å². The molecule has 3 N–H and O–H groups in total. The van der Waals surface area contributed by atoms with Crippen LogP contribution in [0.4, 0.5) is 0 Å². The van der Waals surface area contributed by atoms with Gasteiger partial charge in [0.15, 0.2) is 0 Å². The highest BCUT2D eigenvalue weighted by atomic mass is 16.5. The zero-order valence-electron chi connectivity index (χ0n) is 42.5. The highest BCUT2D eigenvalue weighted by molar-refractivity contribution is 5.77. The Hall–Kier alpha value is -1.66. The van der Waals surface area contributed by atoms with Gasteiger partial charge in [-0.3, -0.25) is 9.59 Å². The topological polar surface area (TPSA) is 95.9 Å².